The van der Waals surface area contributed by atoms with Crippen LogP contribution >= 0.6 is 15.9 Å². The normalized spacial score (nSPS) is 22.2. The summed E-state index contributed by atoms with van der Waals surface area (Å²) in [5.74, 6) is 1.72. The summed E-state index contributed by atoms with van der Waals surface area (Å²) in [4.78, 5) is 0. The van der Waals surface area contributed by atoms with Crippen LogP contribution in [0.4, 0.5) is 0 Å². The zero-order valence-corrected chi connectivity index (χ0v) is 14.9. The van der Waals surface area contributed by atoms with E-state index in [2.05, 4.69) is 53.3 Å². The van der Waals surface area contributed by atoms with Crippen molar-refractivity contribution >= 4 is 15.9 Å². The second-order valence-electron chi connectivity index (χ2n) is 6.05. The average molecular weight is 354 g/mol. The maximum atomic E-state index is 6.30. The molecule has 3 heteroatoms. The van der Waals surface area contributed by atoms with Gasteiger partial charge in [-0.2, -0.15) is 0 Å². The topological polar surface area (TPSA) is 21.3 Å². The summed E-state index contributed by atoms with van der Waals surface area (Å²) in [6, 6.07) is 6.47. The minimum absolute atomic E-state index is 0.393. The second kappa shape index (κ2) is 8.79. The maximum absolute atomic E-state index is 6.30. The summed E-state index contributed by atoms with van der Waals surface area (Å²) in [5.41, 5.74) is 1.30. The minimum Gasteiger partial charge on any atom is -0.489 e. The Kier molecular flexibility index (Phi) is 7.05. The van der Waals surface area contributed by atoms with Crippen LogP contribution in [0, 0.1) is 5.92 Å². The Morgan fingerprint density at radius 3 is 2.76 bits per heavy atom. The minimum atomic E-state index is 0.393. The van der Waals surface area contributed by atoms with E-state index >= 15 is 0 Å². The van der Waals surface area contributed by atoms with Crippen molar-refractivity contribution in [1.29, 1.82) is 0 Å². The highest BCUT2D eigenvalue weighted by Gasteiger charge is 2.25. The molecule has 1 aromatic carbocycles. The smallest absolute Gasteiger partial charge is 0.133 e. The summed E-state index contributed by atoms with van der Waals surface area (Å²) in [7, 11) is 0. The van der Waals surface area contributed by atoms with Crippen molar-refractivity contribution in [3.05, 3.63) is 28.2 Å². The molecule has 0 amide bonds. The molecule has 0 radical (unpaired) electrons. The van der Waals surface area contributed by atoms with Gasteiger partial charge < -0.3 is 10.1 Å². The third-order valence-corrected chi connectivity index (χ3v) is 5.01. The van der Waals surface area contributed by atoms with Gasteiger partial charge in [-0.25, -0.2) is 0 Å². The molecule has 0 bridgehead atoms. The van der Waals surface area contributed by atoms with Gasteiger partial charge in [0.25, 0.3) is 0 Å². The molecule has 2 rings (SSSR count). The van der Waals surface area contributed by atoms with Gasteiger partial charge in [0.1, 0.15) is 11.9 Å². The first-order chi connectivity index (χ1) is 10.2. The first-order valence-corrected chi connectivity index (χ1v) is 9.19. The van der Waals surface area contributed by atoms with Crippen LogP contribution in [0.2, 0.25) is 0 Å². The number of rotatable bonds is 7. The average Bonchev–Trinajstić information content (AvgIpc) is 2.50. The third-order valence-electron chi connectivity index (χ3n) is 4.39. The van der Waals surface area contributed by atoms with E-state index in [0.717, 1.165) is 29.2 Å². The lowest BCUT2D eigenvalue weighted by Gasteiger charge is -2.31. The van der Waals surface area contributed by atoms with Crippen LogP contribution in [-0.2, 0) is 6.54 Å². The molecule has 1 aliphatic carbocycles. The first kappa shape index (κ1) is 16.8. The van der Waals surface area contributed by atoms with E-state index in [1.165, 1.54) is 44.1 Å². The fourth-order valence-electron chi connectivity index (χ4n) is 3.12. The Morgan fingerprint density at radius 2 is 2.05 bits per heavy atom. The summed E-state index contributed by atoms with van der Waals surface area (Å²) in [6.45, 7) is 6.46. The number of halogens is 1. The SMILES string of the molecule is CCCNCc1ccc(OC2CCCCC2CC)c(Br)c1. The van der Waals surface area contributed by atoms with Crippen molar-refractivity contribution in [1.82, 2.24) is 5.32 Å². The van der Waals surface area contributed by atoms with Gasteiger partial charge in [0.15, 0.2) is 0 Å². The lowest BCUT2D eigenvalue weighted by molar-refractivity contribution is 0.0896. The fraction of sp³-hybridized carbons (Fsp3) is 0.667. The lowest BCUT2D eigenvalue weighted by Crippen LogP contribution is -2.30. The number of hydrogen-bond donors (Lipinski definition) is 1. The zero-order valence-electron chi connectivity index (χ0n) is 13.3. The molecule has 0 aromatic heterocycles. The molecule has 0 saturated heterocycles. The van der Waals surface area contributed by atoms with Crippen LogP contribution in [-0.4, -0.2) is 12.6 Å². The van der Waals surface area contributed by atoms with Crippen molar-refractivity contribution in [2.75, 3.05) is 6.54 Å². The van der Waals surface area contributed by atoms with Crippen LogP contribution in [0.3, 0.4) is 0 Å². The number of ether oxygens (including phenoxy) is 1. The second-order valence-corrected chi connectivity index (χ2v) is 6.90. The molecule has 1 saturated carbocycles. The van der Waals surface area contributed by atoms with E-state index in [-0.39, 0.29) is 0 Å². The molecule has 2 unspecified atom stereocenters. The van der Waals surface area contributed by atoms with Gasteiger partial charge in [-0.3, -0.25) is 0 Å². The van der Waals surface area contributed by atoms with Gasteiger partial charge in [-0.05, 0) is 78.2 Å². The molecule has 1 fully saturated rings. The number of hydrogen-bond acceptors (Lipinski definition) is 2. The molecule has 0 heterocycles. The lowest BCUT2D eigenvalue weighted by atomic mass is 9.85. The van der Waals surface area contributed by atoms with Crippen LogP contribution in [0.1, 0.15) is 57.9 Å². The van der Waals surface area contributed by atoms with E-state index in [0.29, 0.717) is 6.10 Å². The molecule has 1 aliphatic rings. The quantitative estimate of drug-likeness (QED) is 0.671. The van der Waals surface area contributed by atoms with Crippen molar-refractivity contribution < 1.29 is 4.74 Å². The van der Waals surface area contributed by atoms with Gasteiger partial charge in [-0.1, -0.05) is 26.3 Å². The Bertz CT molecular complexity index is 435. The van der Waals surface area contributed by atoms with E-state index in [1.807, 2.05) is 0 Å². The first-order valence-electron chi connectivity index (χ1n) is 8.40. The highest BCUT2D eigenvalue weighted by atomic mass is 79.9. The predicted molar refractivity (Wildman–Crippen MR) is 92.8 cm³/mol. The van der Waals surface area contributed by atoms with Gasteiger partial charge in [0.05, 0.1) is 4.47 Å². The summed E-state index contributed by atoms with van der Waals surface area (Å²) >= 11 is 3.67. The molecule has 2 atom stereocenters. The predicted octanol–water partition coefficient (Wildman–Crippen LogP) is 5.30. The number of nitrogens with one attached hydrogen (secondary N) is 1. The summed E-state index contributed by atoms with van der Waals surface area (Å²) in [5, 5.41) is 3.43. The van der Waals surface area contributed by atoms with Gasteiger partial charge in [-0.15, -0.1) is 0 Å². The highest BCUT2D eigenvalue weighted by Crippen LogP contribution is 2.33. The molecule has 21 heavy (non-hydrogen) atoms. The largest absolute Gasteiger partial charge is 0.489 e. The van der Waals surface area contributed by atoms with E-state index in [9.17, 15) is 0 Å². The van der Waals surface area contributed by atoms with Gasteiger partial charge >= 0.3 is 0 Å². The Balaban J connectivity index is 1.96. The van der Waals surface area contributed by atoms with E-state index in [1.54, 1.807) is 0 Å². The van der Waals surface area contributed by atoms with Crippen molar-refractivity contribution in [2.24, 2.45) is 5.92 Å². The van der Waals surface area contributed by atoms with Crippen LogP contribution < -0.4 is 10.1 Å². The monoisotopic (exact) mass is 353 g/mol. The molecule has 0 spiro atoms. The van der Waals surface area contributed by atoms with Gasteiger partial charge in [0.2, 0.25) is 0 Å². The van der Waals surface area contributed by atoms with Crippen molar-refractivity contribution in [3.8, 4) is 5.75 Å². The van der Waals surface area contributed by atoms with Crippen LogP contribution in [0.15, 0.2) is 22.7 Å². The standard InChI is InChI=1S/C18H28BrNO/c1-3-11-20-13-14-9-10-18(16(19)12-14)21-17-8-6-5-7-15(17)4-2/h9-10,12,15,17,20H,3-8,11,13H2,1-2H3. The fourth-order valence-corrected chi connectivity index (χ4v) is 3.64. The summed E-state index contributed by atoms with van der Waals surface area (Å²) in [6.07, 6.45) is 7.97. The molecule has 1 aromatic rings. The Hall–Kier alpha value is -0.540. The third kappa shape index (κ3) is 5.00. The number of benzene rings is 1. The molecular weight excluding hydrogens is 326 g/mol. The Morgan fingerprint density at radius 1 is 1.24 bits per heavy atom. The summed E-state index contributed by atoms with van der Waals surface area (Å²) < 4.78 is 7.39. The van der Waals surface area contributed by atoms with Gasteiger partial charge in [0, 0.05) is 6.54 Å². The van der Waals surface area contributed by atoms with E-state index in [4.69, 9.17) is 4.74 Å². The Labute approximate surface area is 137 Å². The van der Waals surface area contributed by atoms with Crippen LogP contribution in [0.5, 0.6) is 5.75 Å². The molecule has 1 N–H and O–H groups in total. The molecule has 0 aliphatic heterocycles. The van der Waals surface area contributed by atoms with E-state index < -0.39 is 0 Å². The molecular formula is C18H28BrNO. The highest BCUT2D eigenvalue weighted by molar-refractivity contribution is 9.10. The van der Waals surface area contributed by atoms with Crippen LogP contribution in [0.25, 0.3) is 0 Å². The zero-order chi connectivity index (χ0) is 15.1. The van der Waals surface area contributed by atoms with Crippen molar-refractivity contribution in [2.45, 2.75) is 65.0 Å². The molecule has 2 nitrogen and oxygen atoms in total. The van der Waals surface area contributed by atoms with Crippen molar-refractivity contribution in [3.63, 3.8) is 0 Å². The molecule has 118 valence electrons. The maximum Gasteiger partial charge on any atom is 0.133 e.